The van der Waals surface area contributed by atoms with Crippen LogP contribution >= 0.6 is 0 Å². The number of hydrogen-bond donors (Lipinski definition) is 1. The summed E-state index contributed by atoms with van der Waals surface area (Å²) in [4.78, 5) is 4.95. The van der Waals surface area contributed by atoms with Gasteiger partial charge in [0, 0.05) is 45.3 Å². The molecular weight excluding hydrogens is 262 g/mol. The Balaban J connectivity index is 1.63. The highest BCUT2D eigenvalue weighted by Gasteiger charge is 2.23. The zero-order valence-corrected chi connectivity index (χ0v) is 13.7. The van der Waals surface area contributed by atoms with Crippen molar-refractivity contribution < 1.29 is 0 Å². The van der Waals surface area contributed by atoms with Crippen LogP contribution in [0.15, 0.2) is 0 Å². The van der Waals surface area contributed by atoms with E-state index in [0.29, 0.717) is 0 Å². The van der Waals surface area contributed by atoms with Crippen LogP contribution < -0.4 is 10.2 Å². The summed E-state index contributed by atoms with van der Waals surface area (Å²) < 4.78 is 2.04. The van der Waals surface area contributed by atoms with E-state index in [4.69, 9.17) is 0 Å². The number of anilines is 1. The molecule has 1 N–H and O–H groups in total. The summed E-state index contributed by atoms with van der Waals surface area (Å²) in [5, 5.41) is 8.26. The molecule has 0 spiro atoms. The van der Waals surface area contributed by atoms with E-state index in [9.17, 15) is 0 Å². The van der Waals surface area contributed by atoms with E-state index < -0.39 is 0 Å². The average molecular weight is 291 g/mol. The summed E-state index contributed by atoms with van der Waals surface area (Å²) in [6, 6.07) is 0.743. The van der Waals surface area contributed by atoms with Gasteiger partial charge >= 0.3 is 0 Å². The first-order valence-electron chi connectivity index (χ1n) is 8.34. The van der Waals surface area contributed by atoms with Gasteiger partial charge in [-0.3, -0.25) is 4.68 Å². The average Bonchev–Trinajstić information content (AvgIpc) is 3.04. The van der Waals surface area contributed by atoms with Crippen molar-refractivity contribution >= 4 is 5.82 Å². The molecule has 1 aromatic heterocycles. The molecule has 1 aliphatic heterocycles. The van der Waals surface area contributed by atoms with E-state index in [-0.39, 0.29) is 0 Å². The summed E-state index contributed by atoms with van der Waals surface area (Å²) >= 11 is 0. The zero-order chi connectivity index (χ0) is 14.8. The Hall–Kier alpha value is -1.07. The summed E-state index contributed by atoms with van der Waals surface area (Å²) in [5.41, 5.74) is 2.53. The Labute approximate surface area is 128 Å². The van der Waals surface area contributed by atoms with Crippen LogP contribution in [-0.2, 0) is 13.6 Å². The second kappa shape index (κ2) is 6.36. The monoisotopic (exact) mass is 291 g/mol. The van der Waals surface area contributed by atoms with Gasteiger partial charge in [-0.2, -0.15) is 5.10 Å². The molecular formula is C16H29N5. The van der Waals surface area contributed by atoms with Crippen LogP contribution in [0.5, 0.6) is 0 Å². The Morgan fingerprint density at radius 1 is 1.29 bits per heavy atom. The predicted molar refractivity (Wildman–Crippen MR) is 86.8 cm³/mol. The first-order valence-corrected chi connectivity index (χ1v) is 8.34. The van der Waals surface area contributed by atoms with E-state index in [1.807, 2.05) is 4.68 Å². The minimum absolute atomic E-state index is 0.743. The maximum atomic E-state index is 4.63. The van der Waals surface area contributed by atoms with Crippen molar-refractivity contribution in [2.24, 2.45) is 7.05 Å². The molecule has 5 heteroatoms. The maximum absolute atomic E-state index is 4.63. The highest BCUT2D eigenvalue weighted by Crippen LogP contribution is 2.25. The highest BCUT2D eigenvalue weighted by atomic mass is 15.4. The fourth-order valence-corrected chi connectivity index (χ4v) is 3.31. The molecule has 0 aromatic carbocycles. The number of likely N-dealkylation sites (N-methyl/N-ethyl adjacent to an activating group) is 1. The van der Waals surface area contributed by atoms with Crippen LogP contribution in [0.25, 0.3) is 0 Å². The highest BCUT2D eigenvalue weighted by molar-refractivity contribution is 5.49. The van der Waals surface area contributed by atoms with Crippen LogP contribution in [0.2, 0.25) is 0 Å². The van der Waals surface area contributed by atoms with Gasteiger partial charge in [-0.25, -0.2) is 0 Å². The fraction of sp³-hybridized carbons (Fsp3) is 0.812. The van der Waals surface area contributed by atoms with Crippen molar-refractivity contribution in [3.63, 3.8) is 0 Å². The van der Waals surface area contributed by atoms with Crippen LogP contribution in [0.3, 0.4) is 0 Å². The predicted octanol–water partition coefficient (Wildman–Crippen LogP) is 1.51. The van der Waals surface area contributed by atoms with Gasteiger partial charge in [0.25, 0.3) is 0 Å². The van der Waals surface area contributed by atoms with Crippen molar-refractivity contribution in [2.45, 2.75) is 45.2 Å². The molecule has 0 atom stereocenters. The summed E-state index contributed by atoms with van der Waals surface area (Å²) in [6.07, 6.45) is 5.40. The van der Waals surface area contributed by atoms with Gasteiger partial charge < -0.3 is 15.1 Å². The summed E-state index contributed by atoms with van der Waals surface area (Å²) in [7, 11) is 4.27. The molecule has 0 amide bonds. The van der Waals surface area contributed by atoms with Crippen LogP contribution in [0, 0.1) is 6.92 Å². The van der Waals surface area contributed by atoms with E-state index in [0.717, 1.165) is 31.4 Å². The number of hydrogen-bond acceptors (Lipinski definition) is 4. The molecule has 2 heterocycles. The van der Waals surface area contributed by atoms with Crippen LogP contribution in [0.4, 0.5) is 5.82 Å². The third-order valence-corrected chi connectivity index (χ3v) is 4.77. The van der Waals surface area contributed by atoms with Crippen LogP contribution in [-0.4, -0.2) is 53.9 Å². The van der Waals surface area contributed by atoms with Gasteiger partial charge in [-0.15, -0.1) is 0 Å². The molecule has 21 heavy (non-hydrogen) atoms. The van der Waals surface area contributed by atoms with E-state index in [1.54, 1.807) is 0 Å². The molecule has 0 radical (unpaired) electrons. The first-order chi connectivity index (χ1) is 10.1. The molecule has 0 bridgehead atoms. The number of aromatic nitrogens is 2. The van der Waals surface area contributed by atoms with Crippen molar-refractivity contribution in [2.75, 3.05) is 38.1 Å². The quantitative estimate of drug-likeness (QED) is 0.826. The van der Waals surface area contributed by atoms with Gasteiger partial charge in [0.1, 0.15) is 5.82 Å². The van der Waals surface area contributed by atoms with Crippen molar-refractivity contribution in [3.8, 4) is 0 Å². The molecule has 1 aliphatic carbocycles. The first kappa shape index (κ1) is 14.9. The molecule has 2 aliphatic rings. The lowest BCUT2D eigenvalue weighted by atomic mass is 10.2. The van der Waals surface area contributed by atoms with E-state index in [2.05, 4.69) is 41.2 Å². The summed E-state index contributed by atoms with van der Waals surface area (Å²) in [5.74, 6) is 1.28. The largest absolute Gasteiger partial charge is 0.358 e. The molecule has 0 unspecified atom stereocenters. The second-order valence-corrected chi connectivity index (χ2v) is 6.64. The molecule has 2 fully saturated rings. The lowest BCUT2D eigenvalue weighted by Gasteiger charge is -2.24. The number of likely N-dealkylation sites (tertiary alicyclic amines) is 1. The Kier molecular flexibility index (Phi) is 4.50. The number of nitrogens with zero attached hydrogens (tertiary/aromatic N) is 4. The summed E-state index contributed by atoms with van der Waals surface area (Å²) in [6.45, 7) is 7.86. The van der Waals surface area contributed by atoms with Gasteiger partial charge in [-0.05, 0) is 45.7 Å². The molecule has 1 saturated carbocycles. The third-order valence-electron chi connectivity index (χ3n) is 4.77. The number of nitrogens with one attached hydrogen (secondary N) is 1. The molecule has 3 rings (SSSR count). The zero-order valence-electron chi connectivity index (χ0n) is 13.7. The normalized spacial score (nSPS) is 19.4. The Morgan fingerprint density at radius 2 is 2.00 bits per heavy atom. The second-order valence-electron chi connectivity index (χ2n) is 6.64. The lowest BCUT2D eigenvalue weighted by Crippen LogP contribution is -2.33. The van der Waals surface area contributed by atoms with Gasteiger partial charge in [0.2, 0.25) is 0 Å². The third kappa shape index (κ3) is 3.58. The van der Waals surface area contributed by atoms with Crippen molar-refractivity contribution in [1.29, 1.82) is 0 Å². The van der Waals surface area contributed by atoms with Crippen molar-refractivity contribution in [1.82, 2.24) is 20.0 Å². The molecule has 1 saturated heterocycles. The van der Waals surface area contributed by atoms with Crippen molar-refractivity contribution in [3.05, 3.63) is 11.3 Å². The molecule has 118 valence electrons. The topological polar surface area (TPSA) is 36.3 Å². The minimum atomic E-state index is 0.743. The van der Waals surface area contributed by atoms with E-state index in [1.165, 1.54) is 50.2 Å². The van der Waals surface area contributed by atoms with Gasteiger partial charge in [0.05, 0.1) is 5.69 Å². The Bertz CT molecular complexity index is 471. The minimum Gasteiger partial charge on any atom is -0.358 e. The molecule has 1 aromatic rings. The smallest absolute Gasteiger partial charge is 0.131 e. The number of aryl methyl sites for hydroxylation is 2. The van der Waals surface area contributed by atoms with Gasteiger partial charge in [-0.1, -0.05) is 0 Å². The van der Waals surface area contributed by atoms with E-state index >= 15 is 0 Å². The maximum Gasteiger partial charge on any atom is 0.131 e. The van der Waals surface area contributed by atoms with Gasteiger partial charge in [0.15, 0.2) is 0 Å². The number of rotatable bonds is 7. The lowest BCUT2D eigenvalue weighted by molar-refractivity contribution is 0.346. The SMILES string of the molecule is Cc1nn(C)c(N(C)CCN2CCCC2)c1CNC1CC1. The Morgan fingerprint density at radius 3 is 2.67 bits per heavy atom. The fourth-order valence-electron chi connectivity index (χ4n) is 3.31. The molecule has 5 nitrogen and oxygen atoms in total. The van der Waals surface area contributed by atoms with Crippen LogP contribution in [0.1, 0.15) is 36.9 Å². The standard InChI is InChI=1S/C16H29N5/c1-13-15(12-17-14-6-7-14)16(20(3)18-13)19(2)10-11-21-8-4-5-9-21/h14,17H,4-12H2,1-3H3.